The van der Waals surface area contributed by atoms with Crippen LogP contribution in [0.5, 0.6) is 0 Å². The average molecular weight is 551 g/mol. The zero-order valence-corrected chi connectivity index (χ0v) is 22.2. The topological polar surface area (TPSA) is 99.7 Å². The van der Waals surface area contributed by atoms with E-state index >= 15 is 4.39 Å². The van der Waals surface area contributed by atoms with Crippen LogP contribution < -0.4 is 15.5 Å². The zero-order chi connectivity index (χ0) is 27.1. The molecule has 1 aromatic heterocycles. The number of aromatic nitrogens is 2. The first kappa shape index (κ1) is 25.5. The molecule has 0 radical (unpaired) electrons. The van der Waals surface area contributed by atoms with E-state index in [-0.39, 0.29) is 23.0 Å². The van der Waals surface area contributed by atoms with Crippen molar-refractivity contribution in [3.05, 3.63) is 81.8 Å². The zero-order valence-electron chi connectivity index (χ0n) is 21.4. The summed E-state index contributed by atoms with van der Waals surface area (Å²) < 4.78 is 20.7. The van der Waals surface area contributed by atoms with Gasteiger partial charge in [0.25, 0.3) is 5.91 Å². The number of halogens is 2. The Labute approximate surface area is 230 Å². The van der Waals surface area contributed by atoms with E-state index in [1.54, 1.807) is 12.1 Å². The van der Waals surface area contributed by atoms with Gasteiger partial charge in [-0.1, -0.05) is 35.9 Å². The molecule has 2 fully saturated rings. The van der Waals surface area contributed by atoms with Crippen molar-refractivity contribution in [2.75, 3.05) is 36.9 Å². The predicted octanol–water partition coefficient (Wildman–Crippen LogP) is 4.63. The van der Waals surface area contributed by atoms with E-state index < -0.39 is 17.5 Å². The van der Waals surface area contributed by atoms with Gasteiger partial charge in [0.1, 0.15) is 0 Å². The molecule has 4 heterocycles. The van der Waals surface area contributed by atoms with Crippen LogP contribution in [0.4, 0.5) is 20.7 Å². The quantitative estimate of drug-likeness (QED) is 0.477. The number of amides is 2. The predicted molar refractivity (Wildman–Crippen MR) is 144 cm³/mol. The van der Waals surface area contributed by atoms with E-state index in [4.69, 9.17) is 16.3 Å². The molecule has 3 aliphatic rings. The van der Waals surface area contributed by atoms with E-state index in [0.29, 0.717) is 42.6 Å². The lowest BCUT2D eigenvalue weighted by molar-refractivity contribution is 0.0263. The Bertz CT molecular complexity index is 1440. The minimum Gasteiger partial charge on any atom is -0.436 e. The van der Waals surface area contributed by atoms with Gasteiger partial charge < -0.3 is 15.0 Å². The van der Waals surface area contributed by atoms with Crippen LogP contribution in [-0.4, -0.2) is 53.8 Å². The van der Waals surface area contributed by atoms with Gasteiger partial charge in [-0.05, 0) is 55.8 Å². The molecule has 0 bridgehead atoms. The highest BCUT2D eigenvalue weighted by molar-refractivity contribution is 6.31. The third-order valence-corrected chi connectivity index (χ3v) is 8.16. The summed E-state index contributed by atoms with van der Waals surface area (Å²) in [5.74, 6) is -0.474. The van der Waals surface area contributed by atoms with Gasteiger partial charge in [0.05, 0.1) is 34.6 Å². The van der Waals surface area contributed by atoms with Gasteiger partial charge in [0.2, 0.25) is 0 Å². The van der Waals surface area contributed by atoms with Crippen LogP contribution in [0.3, 0.4) is 0 Å². The Morgan fingerprint density at radius 3 is 2.85 bits per heavy atom. The molecule has 39 heavy (non-hydrogen) atoms. The normalized spacial score (nSPS) is 22.5. The number of anilines is 2. The summed E-state index contributed by atoms with van der Waals surface area (Å²) in [5.41, 5.74) is 1.96. The number of hydrogen-bond donors (Lipinski definition) is 2. The lowest BCUT2D eigenvalue weighted by atomic mass is 9.89. The van der Waals surface area contributed by atoms with E-state index in [9.17, 15) is 9.59 Å². The Morgan fingerprint density at radius 1 is 1.26 bits per heavy atom. The van der Waals surface area contributed by atoms with E-state index in [2.05, 4.69) is 44.9 Å². The third kappa shape index (κ3) is 4.79. The summed E-state index contributed by atoms with van der Waals surface area (Å²) in [7, 11) is 2.15. The average Bonchev–Trinajstić information content (AvgIpc) is 3.56. The van der Waals surface area contributed by atoms with Gasteiger partial charge in [-0.25, -0.2) is 9.18 Å². The van der Waals surface area contributed by atoms with Crippen molar-refractivity contribution in [1.82, 2.24) is 20.4 Å². The summed E-state index contributed by atoms with van der Waals surface area (Å²) in [6, 6.07) is 13.4. The number of rotatable bonds is 5. The van der Waals surface area contributed by atoms with Gasteiger partial charge >= 0.3 is 6.09 Å². The molecule has 1 spiro atoms. The molecule has 2 saturated heterocycles. The first-order valence-electron chi connectivity index (χ1n) is 13.0. The lowest BCUT2D eigenvalue weighted by Crippen LogP contribution is -2.42. The fourth-order valence-corrected chi connectivity index (χ4v) is 5.99. The number of likely N-dealkylation sites (tertiary alicyclic amines) is 1. The Morgan fingerprint density at radius 2 is 2.08 bits per heavy atom. The third-order valence-electron chi connectivity index (χ3n) is 7.87. The highest BCUT2D eigenvalue weighted by atomic mass is 35.5. The van der Waals surface area contributed by atoms with Crippen molar-refractivity contribution in [3.63, 3.8) is 0 Å². The molecule has 2 amide bonds. The van der Waals surface area contributed by atoms with Crippen LogP contribution in [0.2, 0.25) is 5.02 Å². The van der Waals surface area contributed by atoms with E-state index in [1.807, 2.05) is 17.0 Å². The number of fused-ring (bicyclic) bond motifs is 2. The van der Waals surface area contributed by atoms with Crippen molar-refractivity contribution < 1.29 is 18.7 Å². The van der Waals surface area contributed by atoms with Gasteiger partial charge in [0, 0.05) is 25.6 Å². The van der Waals surface area contributed by atoms with Gasteiger partial charge in [0.15, 0.2) is 17.2 Å². The van der Waals surface area contributed by atoms with Crippen LogP contribution in [-0.2, 0) is 16.9 Å². The highest BCUT2D eigenvalue weighted by Crippen LogP contribution is 2.46. The smallest absolute Gasteiger partial charge is 0.412 e. The van der Waals surface area contributed by atoms with Crippen molar-refractivity contribution in [3.8, 4) is 0 Å². The molecule has 9 nitrogen and oxygen atoms in total. The first-order chi connectivity index (χ1) is 18.8. The molecular formula is C28H28ClFN6O3. The Balaban J connectivity index is 1.14. The second-order valence-corrected chi connectivity index (χ2v) is 10.7. The number of hydrogen-bond acceptors (Lipinski definition) is 7. The molecule has 1 unspecified atom stereocenters. The standard InChI is InChI=1S/C28H28ClFN6O3/c1-35-11-2-3-22(35)18-6-4-17(5-7-18)14-31-26(37)19-13-23(34-32-15-19)36-12-10-28(16-36)24-21(33-27(38)39-28)9-8-20(29)25(24)30/h4-9,13,15,22H,2-3,10-12,14,16H2,1H3,(H,31,37)(H,33,38)/t22?,28-/m1/s1. The first-order valence-corrected chi connectivity index (χ1v) is 13.3. The van der Waals surface area contributed by atoms with Crippen LogP contribution in [0, 0.1) is 5.82 Å². The van der Waals surface area contributed by atoms with E-state index in [0.717, 1.165) is 18.5 Å². The monoisotopic (exact) mass is 550 g/mol. The summed E-state index contributed by atoms with van der Waals surface area (Å²) in [4.78, 5) is 29.4. The molecular weight excluding hydrogens is 523 g/mol. The molecule has 0 saturated carbocycles. The molecule has 2 aromatic carbocycles. The second-order valence-electron chi connectivity index (χ2n) is 10.3. The SMILES string of the molecule is CN1CCCC1c1ccc(CNC(=O)c2cnnc(N3CC[C@]4(C3)OC(=O)Nc3ccc(Cl)c(F)c34)c2)cc1. The minimum absolute atomic E-state index is 0.0507. The fourth-order valence-electron chi connectivity index (χ4n) is 5.84. The molecule has 3 aliphatic heterocycles. The van der Waals surface area contributed by atoms with Crippen molar-refractivity contribution >= 4 is 35.1 Å². The summed E-state index contributed by atoms with van der Waals surface area (Å²) in [5, 5.41) is 13.6. The Hall–Kier alpha value is -3.76. The molecule has 3 aromatic rings. The molecule has 6 rings (SSSR count). The molecule has 11 heteroatoms. The molecule has 0 aliphatic carbocycles. The number of nitrogens with zero attached hydrogens (tertiary/aromatic N) is 4. The maximum absolute atomic E-state index is 15.1. The second kappa shape index (κ2) is 10.1. The fraction of sp³-hybridized carbons (Fsp3) is 0.357. The maximum atomic E-state index is 15.1. The number of benzene rings is 2. The lowest BCUT2D eigenvalue weighted by Gasteiger charge is -2.35. The van der Waals surface area contributed by atoms with Gasteiger partial charge in [-0.2, -0.15) is 5.10 Å². The van der Waals surface area contributed by atoms with Gasteiger partial charge in [-0.15, -0.1) is 5.10 Å². The maximum Gasteiger partial charge on any atom is 0.412 e. The highest BCUT2D eigenvalue weighted by Gasteiger charge is 2.50. The number of carbonyl (C=O) groups is 2. The molecule has 202 valence electrons. The summed E-state index contributed by atoms with van der Waals surface area (Å²) in [6.07, 6.45) is 3.45. The minimum atomic E-state index is -1.23. The Kier molecular flexibility index (Phi) is 6.60. The van der Waals surface area contributed by atoms with Crippen LogP contribution in [0.1, 0.15) is 52.4 Å². The summed E-state index contributed by atoms with van der Waals surface area (Å²) in [6.45, 7) is 2.06. The van der Waals surface area contributed by atoms with Crippen LogP contribution in [0.25, 0.3) is 0 Å². The summed E-state index contributed by atoms with van der Waals surface area (Å²) >= 11 is 6.04. The largest absolute Gasteiger partial charge is 0.436 e. The van der Waals surface area contributed by atoms with Gasteiger partial charge in [-0.3, -0.25) is 15.0 Å². The molecule has 2 N–H and O–H groups in total. The van der Waals surface area contributed by atoms with Crippen molar-refractivity contribution in [2.45, 2.75) is 37.5 Å². The number of ether oxygens (including phenoxy) is 1. The van der Waals surface area contributed by atoms with Crippen molar-refractivity contribution in [1.29, 1.82) is 0 Å². The van der Waals surface area contributed by atoms with Crippen molar-refractivity contribution in [2.24, 2.45) is 0 Å². The van der Waals surface area contributed by atoms with Crippen LogP contribution >= 0.6 is 11.6 Å². The van der Waals surface area contributed by atoms with E-state index in [1.165, 1.54) is 24.2 Å². The molecule has 2 atom stereocenters. The number of carbonyl (C=O) groups excluding carboxylic acids is 2. The number of nitrogens with one attached hydrogen (secondary N) is 2. The van der Waals surface area contributed by atoms with Crippen LogP contribution in [0.15, 0.2) is 48.7 Å².